The van der Waals surface area contributed by atoms with Crippen LogP contribution < -0.4 is 15.5 Å². The van der Waals surface area contributed by atoms with Crippen LogP contribution in [0.4, 0.5) is 0 Å². The van der Waals surface area contributed by atoms with Gasteiger partial charge in [-0.3, -0.25) is 14.5 Å². The molecule has 0 atom stereocenters. The number of fused-ring (bicyclic) bond motifs is 1. The molecule has 0 radical (unpaired) electrons. The minimum Gasteiger partial charge on any atom is -0.502 e. The van der Waals surface area contributed by atoms with Crippen molar-refractivity contribution in [2.75, 3.05) is 26.7 Å². The van der Waals surface area contributed by atoms with Gasteiger partial charge in [0.05, 0.1) is 7.11 Å². The minimum atomic E-state index is -0.763. The van der Waals surface area contributed by atoms with Gasteiger partial charge in [-0.2, -0.15) is 0 Å². The van der Waals surface area contributed by atoms with Gasteiger partial charge in [-0.1, -0.05) is 30.3 Å². The van der Waals surface area contributed by atoms with Crippen LogP contribution in [0.2, 0.25) is 0 Å². The number of aromatic nitrogens is 1. The Balaban J connectivity index is 1.29. The van der Waals surface area contributed by atoms with Gasteiger partial charge in [0.15, 0.2) is 5.76 Å². The third kappa shape index (κ3) is 5.86. The van der Waals surface area contributed by atoms with E-state index < -0.39 is 16.6 Å². The maximum atomic E-state index is 13.3. The van der Waals surface area contributed by atoms with Crippen LogP contribution in [0, 0.1) is 6.92 Å². The molecule has 0 aliphatic carbocycles. The highest BCUT2D eigenvalue weighted by Gasteiger charge is 2.43. The van der Waals surface area contributed by atoms with Crippen molar-refractivity contribution in [1.82, 2.24) is 15.2 Å². The normalized spacial score (nSPS) is 15.3. The number of amides is 1. The number of benzene rings is 2. The number of hydrogen-bond donors (Lipinski definition) is 3. The molecule has 0 saturated carbocycles. The van der Waals surface area contributed by atoms with Gasteiger partial charge < -0.3 is 24.6 Å². The van der Waals surface area contributed by atoms with Gasteiger partial charge in [0, 0.05) is 48.1 Å². The molecule has 0 bridgehead atoms. The summed E-state index contributed by atoms with van der Waals surface area (Å²) < 4.78 is 11.3. The first-order chi connectivity index (χ1) is 18.9. The molecule has 0 spiro atoms. The number of hydrogen-bond acceptors (Lipinski definition) is 6. The molecule has 5 rings (SSSR count). The molecule has 3 N–H and O–H groups in total. The molecule has 3 heterocycles. The van der Waals surface area contributed by atoms with E-state index in [2.05, 4.69) is 27.3 Å². The highest BCUT2D eigenvalue weighted by Crippen LogP contribution is 2.42. The van der Waals surface area contributed by atoms with Gasteiger partial charge in [-0.25, -0.2) is 0 Å². The van der Waals surface area contributed by atoms with Crippen molar-refractivity contribution in [2.45, 2.75) is 44.6 Å². The zero-order valence-electron chi connectivity index (χ0n) is 22.5. The molecule has 1 aliphatic heterocycles. The van der Waals surface area contributed by atoms with Gasteiger partial charge in [-0.15, -0.1) is 0 Å². The fourth-order valence-electron chi connectivity index (χ4n) is 5.63. The number of aromatic hydroxyl groups is 1. The molecule has 204 valence electrons. The first-order valence-electron chi connectivity index (χ1n) is 13.4. The highest BCUT2D eigenvalue weighted by molar-refractivity contribution is 5.84. The zero-order chi connectivity index (χ0) is 27.4. The van der Waals surface area contributed by atoms with Crippen molar-refractivity contribution >= 4 is 16.8 Å². The van der Waals surface area contributed by atoms with Crippen LogP contribution in [0.15, 0.2) is 70.0 Å². The molecule has 1 aliphatic rings. The van der Waals surface area contributed by atoms with E-state index in [1.807, 2.05) is 42.6 Å². The van der Waals surface area contributed by atoms with E-state index in [1.165, 1.54) is 11.6 Å². The lowest BCUT2D eigenvalue weighted by Crippen LogP contribution is -2.45. The summed E-state index contributed by atoms with van der Waals surface area (Å²) in [7, 11) is 1.64. The molecule has 39 heavy (non-hydrogen) atoms. The summed E-state index contributed by atoms with van der Waals surface area (Å²) in [5.41, 5.74) is 2.09. The lowest BCUT2D eigenvalue weighted by atomic mass is 9.72. The second kappa shape index (κ2) is 11.4. The molecule has 8 nitrogen and oxygen atoms in total. The predicted octanol–water partition coefficient (Wildman–Crippen LogP) is 4.43. The molecule has 1 saturated heterocycles. The summed E-state index contributed by atoms with van der Waals surface area (Å²) >= 11 is 0. The van der Waals surface area contributed by atoms with Gasteiger partial charge in [-0.05, 0) is 68.6 Å². The fourth-order valence-corrected chi connectivity index (χ4v) is 5.63. The van der Waals surface area contributed by atoms with E-state index in [9.17, 15) is 14.7 Å². The number of carbonyl (C=O) groups is 1. The largest absolute Gasteiger partial charge is 0.502 e. The van der Waals surface area contributed by atoms with Gasteiger partial charge in [0.1, 0.15) is 11.5 Å². The smallest absolute Gasteiger partial charge is 0.227 e. The molecule has 2 aromatic heterocycles. The number of aryl methyl sites for hydroxylation is 1. The molecule has 2 aromatic carbocycles. The summed E-state index contributed by atoms with van der Waals surface area (Å²) in [4.78, 5) is 31.3. The number of nitrogens with one attached hydrogen (secondary N) is 2. The van der Waals surface area contributed by atoms with Gasteiger partial charge in [0.2, 0.25) is 17.1 Å². The maximum absolute atomic E-state index is 13.3. The van der Waals surface area contributed by atoms with Crippen LogP contribution in [-0.2, 0) is 23.2 Å². The number of carbonyl (C=O) groups excluding carboxylic acids is 1. The number of methoxy groups -OCH3 is 1. The van der Waals surface area contributed by atoms with E-state index in [-0.39, 0.29) is 18.1 Å². The molecule has 0 unspecified atom stereocenters. The summed E-state index contributed by atoms with van der Waals surface area (Å²) in [5, 5.41) is 14.9. The van der Waals surface area contributed by atoms with Crippen LogP contribution in [0.1, 0.15) is 41.9 Å². The van der Waals surface area contributed by atoms with Crippen molar-refractivity contribution in [1.29, 1.82) is 0 Å². The van der Waals surface area contributed by atoms with Crippen LogP contribution in [0.3, 0.4) is 0 Å². The van der Waals surface area contributed by atoms with Gasteiger partial charge in [0.25, 0.3) is 0 Å². The third-order valence-electron chi connectivity index (χ3n) is 7.78. The number of nitrogens with zero attached hydrogens (tertiary/aromatic N) is 1. The molecular weight excluding hydrogens is 494 g/mol. The Bertz CT molecular complexity index is 1500. The van der Waals surface area contributed by atoms with Crippen LogP contribution in [0.25, 0.3) is 10.9 Å². The van der Waals surface area contributed by atoms with Crippen LogP contribution >= 0.6 is 0 Å². The molecule has 1 amide bonds. The van der Waals surface area contributed by atoms with E-state index in [1.54, 1.807) is 14.0 Å². The van der Waals surface area contributed by atoms with Crippen LogP contribution in [0.5, 0.6) is 11.5 Å². The Labute approximate surface area is 227 Å². The number of H-pyrrole nitrogens is 1. The van der Waals surface area contributed by atoms with E-state index >= 15 is 0 Å². The average Bonchev–Trinajstić information content (AvgIpc) is 3.34. The minimum absolute atomic E-state index is 0.132. The summed E-state index contributed by atoms with van der Waals surface area (Å²) in [6, 6.07) is 17.4. The Morgan fingerprint density at radius 3 is 2.67 bits per heavy atom. The Kier molecular flexibility index (Phi) is 7.74. The predicted molar refractivity (Wildman–Crippen MR) is 150 cm³/mol. The molecular formula is C31H35N3O5. The second-order valence-corrected chi connectivity index (χ2v) is 10.4. The zero-order valence-corrected chi connectivity index (χ0v) is 22.5. The lowest BCUT2D eigenvalue weighted by molar-refractivity contribution is -0.123. The number of aromatic amines is 1. The van der Waals surface area contributed by atoms with Crippen LogP contribution in [-0.4, -0.2) is 47.6 Å². The van der Waals surface area contributed by atoms with E-state index in [0.29, 0.717) is 31.6 Å². The number of ether oxygens (including phenoxy) is 1. The number of piperidine rings is 1. The fraction of sp³-hybridized carbons (Fsp3) is 0.355. The Morgan fingerprint density at radius 1 is 1.15 bits per heavy atom. The standard InChI is InChI=1S/C31H35N3O5/c1-21-16-27(35)29(37)30(39-21)31(11-14-34(15-12-31)20-22-6-4-3-5-7-22)18-28(36)32-13-10-23-19-33-26-9-8-24(38-2)17-25(23)26/h3-9,16-17,19,33,37H,10-15,18,20H2,1-2H3,(H,32,36). The van der Waals surface area contributed by atoms with Crippen molar-refractivity contribution in [3.8, 4) is 11.5 Å². The molecule has 1 fully saturated rings. The monoisotopic (exact) mass is 529 g/mol. The maximum Gasteiger partial charge on any atom is 0.227 e. The topological polar surface area (TPSA) is 108 Å². The van der Waals surface area contributed by atoms with Crippen molar-refractivity contribution < 1.29 is 19.1 Å². The van der Waals surface area contributed by atoms with Crippen molar-refractivity contribution in [3.05, 3.63) is 93.7 Å². The highest BCUT2D eigenvalue weighted by atomic mass is 16.5. The van der Waals surface area contributed by atoms with Crippen molar-refractivity contribution in [2.24, 2.45) is 0 Å². The van der Waals surface area contributed by atoms with Gasteiger partial charge >= 0.3 is 0 Å². The average molecular weight is 530 g/mol. The Morgan fingerprint density at radius 2 is 1.92 bits per heavy atom. The summed E-state index contributed by atoms with van der Waals surface area (Å²) in [6.07, 6.45) is 3.93. The Hall–Kier alpha value is -4.04. The summed E-state index contributed by atoms with van der Waals surface area (Å²) in [6.45, 7) is 4.40. The molecule has 8 heteroatoms. The number of likely N-dealkylation sites (tertiary alicyclic amines) is 1. The van der Waals surface area contributed by atoms with E-state index in [0.717, 1.165) is 41.9 Å². The second-order valence-electron chi connectivity index (χ2n) is 10.4. The van der Waals surface area contributed by atoms with Crippen molar-refractivity contribution in [3.63, 3.8) is 0 Å². The SMILES string of the molecule is COc1ccc2[nH]cc(CCNC(=O)CC3(c4oc(C)cc(=O)c4O)CCN(Cc4ccccc4)CC3)c2c1. The molecule has 4 aromatic rings. The quantitative estimate of drug-likeness (QED) is 0.296. The third-order valence-corrected chi connectivity index (χ3v) is 7.78. The number of rotatable bonds is 9. The first-order valence-corrected chi connectivity index (χ1v) is 13.4. The first kappa shape index (κ1) is 26.6. The van der Waals surface area contributed by atoms with E-state index in [4.69, 9.17) is 9.15 Å². The lowest BCUT2D eigenvalue weighted by Gasteiger charge is -2.41. The summed E-state index contributed by atoms with van der Waals surface area (Å²) in [5.74, 6) is 0.914.